The van der Waals surface area contributed by atoms with Gasteiger partial charge in [-0.15, -0.1) is 0 Å². The number of hydrogen-bond donors (Lipinski definition) is 3. The number of carbonyl (C=O) groups excluding carboxylic acids is 1. The van der Waals surface area contributed by atoms with Gasteiger partial charge in [0.2, 0.25) is 5.91 Å². The third-order valence-corrected chi connectivity index (χ3v) is 5.05. The van der Waals surface area contributed by atoms with Gasteiger partial charge in [-0.1, -0.05) is 59.6 Å². The second-order valence-corrected chi connectivity index (χ2v) is 8.32. The van der Waals surface area contributed by atoms with Crippen molar-refractivity contribution in [2.24, 2.45) is 11.8 Å². The van der Waals surface area contributed by atoms with Crippen LogP contribution in [-0.4, -0.2) is 29.6 Å². The lowest BCUT2D eigenvalue weighted by Crippen LogP contribution is -2.50. The number of rotatable bonds is 13. The number of aromatic hydroxyl groups is 1. The Labute approximate surface area is 166 Å². The Kier molecular flexibility index (Phi) is 11.1. The summed E-state index contributed by atoms with van der Waals surface area (Å²) in [7, 11) is 0. The molecule has 1 aromatic rings. The molecule has 0 saturated heterocycles. The molecule has 0 aliphatic heterocycles. The van der Waals surface area contributed by atoms with Crippen molar-refractivity contribution in [2.75, 3.05) is 6.54 Å². The number of amides is 1. The molecule has 1 amide bonds. The minimum Gasteiger partial charge on any atom is -0.508 e. The van der Waals surface area contributed by atoms with Crippen molar-refractivity contribution in [3.63, 3.8) is 0 Å². The molecule has 0 aromatic heterocycles. The van der Waals surface area contributed by atoms with Gasteiger partial charge in [0.25, 0.3) is 0 Å². The summed E-state index contributed by atoms with van der Waals surface area (Å²) in [5.41, 5.74) is 1.05. The first-order chi connectivity index (χ1) is 12.8. The van der Waals surface area contributed by atoms with Crippen LogP contribution in [0.3, 0.4) is 0 Å². The summed E-state index contributed by atoms with van der Waals surface area (Å²) in [5.74, 6) is 1.45. The molecule has 0 saturated carbocycles. The molecule has 4 heteroatoms. The maximum absolute atomic E-state index is 13.0. The SMILES string of the molecule is CCCC[C@H](C)CN[C@@H](Cc1ccc(O)cc1)C(=O)N[C@H](CC)CC(C)C. The zero-order valence-electron chi connectivity index (χ0n) is 17.9. The van der Waals surface area contributed by atoms with Crippen molar-refractivity contribution in [3.05, 3.63) is 29.8 Å². The van der Waals surface area contributed by atoms with Gasteiger partial charge in [0.1, 0.15) is 5.75 Å². The molecule has 1 rings (SSSR count). The quantitative estimate of drug-likeness (QED) is 0.469. The van der Waals surface area contributed by atoms with Gasteiger partial charge in [-0.25, -0.2) is 0 Å². The highest BCUT2D eigenvalue weighted by Gasteiger charge is 2.22. The van der Waals surface area contributed by atoms with Crippen LogP contribution in [0.1, 0.15) is 72.3 Å². The van der Waals surface area contributed by atoms with Crippen LogP contribution in [0.4, 0.5) is 0 Å². The molecule has 0 unspecified atom stereocenters. The average molecular weight is 377 g/mol. The summed E-state index contributed by atoms with van der Waals surface area (Å²) in [5, 5.41) is 16.2. The number of carbonyl (C=O) groups is 1. The number of phenols is 1. The Balaban J connectivity index is 2.75. The fourth-order valence-electron chi connectivity index (χ4n) is 3.32. The van der Waals surface area contributed by atoms with Crippen LogP contribution in [0.2, 0.25) is 0 Å². The minimum atomic E-state index is -0.250. The number of hydrogen-bond acceptors (Lipinski definition) is 3. The fourth-order valence-corrected chi connectivity index (χ4v) is 3.32. The van der Waals surface area contributed by atoms with Gasteiger partial charge in [-0.2, -0.15) is 0 Å². The lowest BCUT2D eigenvalue weighted by molar-refractivity contribution is -0.124. The highest BCUT2D eigenvalue weighted by atomic mass is 16.3. The predicted octanol–water partition coefficient (Wildman–Crippen LogP) is 4.66. The molecule has 27 heavy (non-hydrogen) atoms. The van der Waals surface area contributed by atoms with E-state index in [0.717, 1.165) is 24.9 Å². The standard InChI is InChI=1S/C23H40N2O2/c1-6-8-9-18(5)16-24-22(15-19-10-12-21(26)13-11-19)23(27)25-20(7-2)14-17(3)4/h10-13,17-18,20,22,24,26H,6-9,14-16H2,1-5H3,(H,25,27)/t18-,20+,22-/m0/s1. The summed E-state index contributed by atoms with van der Waals surface area (Å²) in [4.78, 5) is 13.0. The first kappa shape index (κ1) is 23.5. The van der Waals surface area contributed by atoms with Crippen LogP contribution in [-0.2, 0) is 11.2 Å². The molecule has 0 spiro atoms. The first-order valence-corrected chi connectivity index (χ1v) is 10.7. The molecule has 1 aromatic carbocycles. The van der Waals surface area contributed by atoms with Crippen LogP contribution >= 0.6 is 0 Å². The highest BCUT2D eigenvalue weighted by molar-refractivity contribution is 5.82. The van der Waals surface area contributed by atoms with E-state index < -0.39 is 0 Å². The van der Waals surface area contributed by atoms with Gasteiger partial charge in [0, 0.05) is 6.04 Å². The molecular formula is C23H40N2O2. The Morgan fingerprint density at radius 1 is 1.11 bits per heavy atom. The summed E-state index contributed by atoms with van der Waals surface area (Å²) >= 11 is 0. The molecule has 0 aliphatic rings. The molecule has 0 aliphatic carbocycles. The van der Waals surface area contributed by atoms with Crippen molar-refractivity contribution < 1.29 is 9.90 Å². The summed E-state index contributed by atoms with van der Waals surface area (Å²) in [6.45, 7) is 11.8. The Bertz CT molecular complexity index is 528. The molecular weight excluding hydrogens is 336 g/mol. The molecule has 3 atom stereocenters. The average Bonchev–Trinajstić information content (AvgIpc) is 2.63. The maximum atomic E-state index is 13.0. The van der Waals surface area contributed by atoms with E-state index in [0.29, 0.717) is 18.3 Å². The van der Waals surface area contributed by atoms with E-state index in [2.05, 4.69) is 45.3 Å². The van der Waals surface area contributed by atoms with Gasteiger partial charge >= 0.3 is 0 Å². The molecule has 0 fully saturated rings. The number of unbranched alkanes of at least 4 members (excludes halogenated alkanes) is 1. The third kappa shape index (κ3) is 9.81. The van der Waals surface area contributed by atoms with Gasteiger partial charge in [0.15, 0.2) is 0 Å². The number of phenolic OH excluding ortho intramolecular Hbond substituents is 1. The second-order valence-electron chi connectivity index (χ2n) is 8.32. The summed E-state index contributed by atoms with van der Waals surface area (Å²) in [6, 6.07) is 7.12. The normalized spacial score (nSPS) is 14.7. The van der Waals surface area contributed by atoms with Crippen molar-refractivity contribution in [3.8, 4) is 5.75 Å². The van der Waals surface area contributed by atoms with Gasteiger partial charge in [-0.3, -0.25) is 4.79 Å². The fraction of sp³-hybridized carbons (Fsp3) is 0.696. The Morgan fingerprint density at radius 2 is 1.78 bits per heavy atom. The topological polar surface area (TPSA) is 61.4 Å². The maximum Gasteiger partial charge on any atom is 0.237 e. The van der Waals surface area contributed by atoms with E-state index in [4.69, 9.17) is 0 Å². The van der Waals surface area contributed by atoms with Crippen LogP contribution < -0.4 is 10.6 Å². The van der Waals surface area contributed by atoms with Crippen LogP contribution in [0, 0.1) is 11.8 Å². The van der Waals surface area contributed by atoms with Crippen molar-refractivity contribution >= 4 is 5.91 Å². The monoisotopic (exact) mass is 376 g/mol. The first-order valence-electron chi connectivity index (χ1n) is 10.7. The molecule has 154 valence electrons. The highest BCUT2D eigenvalue weighted by Crippen LogP contribution is 2.13. The van der Waals surface area contributed by atoms with Gasteiger partial charge < -0.3 is 15.7 Å². The summed E-state index contributed by atoms with van der Waals surface area (Å²) < 4.78 is 0. The van der Waals surface area contributed by atoms with Crippen LogP contribution in [0.25, 0.3) is 0 Å². The third-order valence-electron chi connectivity index (χ3n) is 5.05. The van der Waals surface area contributed by atoms with E-state index in [9.17, 15) is 9.90 Å². The molecule has 0 heterocycles. The van der Waals surface area contributed by atoms with E-state index in [-0.39, 0.29) is 23.7 Å². The molecule has 0 bridgehead atoms. The largest absolute Gasteiger partial charge is 0.508 e. The van der Waals surface area contributed by atoms with Gasteiger partial charge in [-0.05, 0) is 61.8 Å². The van der Waals surface area contributed by atoms with E-state index in [1.807, 2.05) is 12.1 Å². The van der Waals surface area contributed by atoms with E-state index in [1.165, 1.54) is 19.3 Å². The van der Waals surface area contributed by atoms with Crippen LogP contribution in [0.15, 0.2) is 24.3 Å². The van der Waals surface area contributed by atoms with Gasteiger partial charge in [0.05, 0.1) is 6.04 Å². The Morgan fingerprint density at radius 3 is 2.33 bits per heavy atom. The van der Waals surface area contributed by atoms with Crippen molar-refractivity contribution in [1.29, 1.82) is 0 Å². The van der Waals surface area contributed by atoms with E-state index in [1.54, 1.807) is 12.1 Å². The number of benzene rings is 1. The van der Waals surface area contributed by atoms with Crippen molar-refractivity contribution in [1.82, 2.24) is 10.6 Å². The zero-order valence-corrected chi connectivity index (χ0v) is 17.9. The smallest absolute Gasteiger partial charge is 0.237 e. The number of nitrogens with one attached hydrogen (secondary N) is 2. The van der Waals surface area contributed by atoms with Crippen LogP contribution in [0.5, 0.6) is 5.75 Å². The molecule has 3 N–H and O–H groups in total. The lowest BCUT2D eigenvalue weighted by Gasteiger charge is -2.25. The summed E-state index contributed by atoms with van der Waals surface area (Å²) in [6.07, 6.45) is 6.19. The molecule has 0 radical (unpaired) electrons. The Hall–Kier alpha value is -1.55. The minimum absolute atomic E-state index is 0.0817. The van der Waals surface area contributed by atoms with Crippen molar-refractivity contribution in [2.45, 2.75) is 85.2 Å². The molecule has 4 nitrogen and oxygen atoms in total. The predicted molar refractivity (Wildman–Crippen MR) is 114 cm³/mol. The lowest BCUT2D eigenvalue weighted by atomic mass is 9.99. The van der Waals surface area contributed by atoms with E-state index >= 15 is 0 Å². The second kappa shape index (κ2) is 12.8. The zero-order chi connectivity index (χ0) is 20.2.